The molecule has 0 saturated heterocycles. The van der Waals surface area contributed by atoms with Gasteiger partial charge in [-0.05, 0) is 38.6 Å². The topological polar surface area (TPSA) is 21.3 Å². The highest BCUT2D eigenvalue weighted by atomic mass is 19.4. The smallest absolute Gasteiger partial charge is 0.364 e. The lowest BCUT2D eigenvalue weighted by Gasteiger charge is -2.40. The van der Waals surface area contributed by atoms with Crippen LogP contribution in [0.25, 0.3) is 0 Å². The summed E-state index contributed by atoms with van der Waals surface area (Å²) in [5.41, 5.74) is 0. The Morgan fingerprint density at radius 3 is 2.29 bits per heavy atom. The Labute approximate surface area is 101 Å². The van der Waals surface area contributed by atoms with Crippen molar-refractivity contribution < 1.29 is 17.9 Å². The van der Waals surface area contributed by atoms with Gasteiger partial charge >= 0.3 is 6.18 Å². The Morgan fingerprint density at radius 2 is 1.82 bits per heavy atom. The van der Waals surface area contributed by atoms with E-state index in [1.807, 2.05) is 6.92 Å². The second kappa shape index (κ2) is 5.57. The zero-order valence-electron chi connectivity index (χ0n) is 10.8. The normalized spacial score (nSPS) is 36.9. The van der Waals surface area contributed by atoms with Gasteiger partial charge in [0.15, 0.2) is 6.10 Å². The minimum Gasteiger partial charge on any atom is -0.364 e. The maximum atomic E-state index is 12.5. The Morgan fingerprint density at radius 1 is 1.24 bits per heavy atom. The average Bonchev–Trinajstić information content (AvgIpc) is 2.19. The summed E-state index contributed by atoms with van der Waals surface area (Å²) in [7, 11) is 1.78. The second-order valence-electron chi connectivity index (χ2n) is 5.23. The van der Waals surface area contributed by atoms with Crippen molar-refractivity contribution in [1.29, 1.82) is 0 Å². The Bertz CT molecular complexity index is 244. The quantitative estimate of drug-likeness (QED) is 0.835. The molecule has 0 aromatic rings. The van der Waals surface area contributed by atoms with Gasteiger partial charge in [-0.2, -0.15) is 13.2 Å². The zero-order valence-corrected chi connectivity index (χ0v) is 10.8. The van der Waals surface area contributed by atoms with Gasteiger partial charge in [0.1, 0.15) is 0 Å². The number of rotatable bonds is 3. The van der Waals surface area contributed by atoms with E-state index >= 15 is 0 Å². The van der Waals surface area contributed by atoms with E-state index in [1.54, 1.807) is 7.05 Å². The highest BCUT2D eigenvalue weighted by Crippen LogP contribution is 2.34. The summed E-state index contributed by atoms with van der Waals surface area (Å²) in [6.07, 6.45) is -4.53. The molecule has 17 heavy (non-hydrogen) atoms. The zero-order chi connectivity index (χ0) is 13.2. The van der Waals surface area contributed by atoms with Crippen LogP contribution >= 0.6 is 0 Å². The highest BCUT2D eigenvalue weighted by molar-refractivity contribution is 4.89. The summed E-state index contributed by atoms with van der Waals surface area (Å²) in [6.45, 7) is 5.18. The maximum Gasteiger partial charge on any atom is 0.414 e. The van der Waals surface area contributed by atoms with Crippen LogP contribution in [-0.4, -0.2) is 31.5 Å². The van der Waals surface area contributed by atoms with Gasteiger partial charge in [0.2, 0.25) is 0 Å². The van der Waals surface area contributed by atoms with E-state index < -0.39 is 12.3 Å². The predicted molar refractivity (Wildman–Crippen MR) is 60.8 cm³/mol. The molecular weight excluding hydrogens is 231 g/mol. The first-order valence-corrected chi connectivity index (χ1v) is 6.15. The fourth-order valence-electron chi connectivity index (χ4n) is 2.65. The van der Waals surface area contributed by atoms with Crippen molar-refractivity contribution in [3.05, 3.63) is 0 Å². The molecule has 0 radical (unpaired) electrons. The van der Waals surface area contributed by atoms with Crippen LogP contribution in [0.5, 0.6) is 0 Å². The summed E-state index contributed by atoms with van der Waals surface area (Å²) in [5, 5.41) is 3.08. The third-order valence-electron chi connectivity index (χ3n) is 3.58. The van der Waals surface area contributed by atoms with Crippen molar-refractivity contribution in [1.82, 2.24) is 5.32 Å². The minimum absolute atomic E-state index is 0.0125. The van der Waals surface area contributed by atoms with Gasteiger partial charge in [0, 0.05) is 6.04 Å². The van der Waals surface area contributed by atoms with E-state index in [1.165, 1.54) is 0 Å². The largest absolute Gasteiger partial charge is 0.414 e. The molecule has 0 aromatic carbocycles. The Balaban J connectivity index is 2.66. The van der Waals surface area contributed by atoms with Crippen LogP contribution in [0.2, 0.25) is 0 Å². The van der Waals surface area contributed by atoms with Crippen molar-refractivity contribution in [3.63, 3.8) is 0 Å². The van der Waals surface area contributed by atoms with Crippen LogP contribution in [-0.2, 0) is 4.74 Å². The predicted octanol–water partition coefficient (Wildman–Crippen LogP) is 2.98. The van der Waals surface area contributed by atoms with E-state index in [-0.39, 0.29) is 18.1 Å². The van der Waals surface area contributed by atoms with E-state index in [0.29, 0.717) is 5.92 Å². The molecule has 1 fully saturated rings. The van der Waals surface area contributed by atoms with Crippen LogP contribution < -0.4 is 5.32 Å². The number of hydrogen-bond donors (Lipinski definition) is 1. The van der Waals surface area contributed by atoms with Crippen molar-refractivity contribution in [2.75, 3.05) is 7.05 Å². The molecule has 1 saturated carbocycles. The lowest BCUT2D eigenvalue weighted by atomic mass is 9.78. The molecule has 1 aliphatic carbocycles. The number of ether oxygens (including phenoxy) is 1. The number of likely N-dealkylation sites (N-methyl/N-ethyl adjacent to an activating group) is 1. The van der Waals surface area contributed by atoms with Crippen LogP contribution in [0.15, 0.2) is 0 Å². The molecule has 1 N–H and O–H groups in total. The maximum absolute atomic E-state index is 12.5. The number of nitrogens with one attached hydrogen (secondary N) is 1. The van der Waals surface area contributed by atoms with Gasteiger partial charge in [-0.1, -0.05) is 13.8 Å². The molecule has 5 heteroatoms. The van der Waals surface area contributed by atoms with E-state index in [2.05, 4.69) is 12.2 Å². The fourth-order valence-corrected chi connectivity index (χ4v) is 2.65. The summed E-state index contributed by atoms with van der Waals surface area (Å²) >= 11 is 0. The van der Waals surface area contributed by atoms with Crippen molar-refractivity contribution in [2.45, 2.75) is 58.0 Å². The molecule has 0 bridgehead atoms. The third-order valence-corrected chi connectivity index (χ3v) is 3.58. The molecule has 2 nitrogen and oxygen atoms in total. The van der Waals surface area contributed by atoms with E-state index in [4.69, 9.17) is 4.74 Å². The molecular formula is C12H22F3NO. The van der Waals surface area contributed by atoms with Gasteiger partial charge in [0.05, 0.1) is 6.10 Å². The van der Waals surface area contributed by atoms with Crippen LogP contribution in [0, 0.1) is 11.8 Å². The molecule has 1 aliphatic rings. The molecule has 0 aliphatic heterocycles. The van der Waals surface area contributed by atoms with Gasteiger partial charge in [-0.3, -0.25) is 0 Å². The second-order valence-corrected chi connectivity index (χ2v) is 5.23. The lowest BCUT2D eigenvalue weighted by molar-refractivity contribution is -0.237. The highest BCUT2D eigenvalue weighted by Gasteiger charge is 2.42. The molecule has 5 atom stereocenters. The molecule has 0 spiro atoms. The summed E-state index contributed by atoms with van der Waals surface area (Å²) in [6, 6.07) is 0.0125. The molecule has 0 aromatic heterocycles. The number of halogens is 3. The van der Waals surface area contributed by atoms with E-state index in [9.17, 15) is 13.2 Å². The first-order chi connectivity index (χ1) is 7.75. The van der Waals surface area contributed by atoms with Gasteiger partial charge in [0.25, 0.3) is 0 Å². The van der Waals surface area contributed by atoms with Crippen molar-refractivity contribution >= 4 is 0 Å². The Kier molecular flexibility index (Phi) is 4.84. The number of alkyl halides is 3. The van der Waals surface area contributed by atoms with Gasteiger partial charge in [-0.25, -0.2) is 0 Å². The van der Waals surface area contributed by atoms with Gasteiger partial charge < -0.3 is 10.1 Å². The summed E-state index contributed by atoms with van der Waals surface area (Å²) in [5.74, 6) is 0.685. The molecule has 102 valence electrons. The number of hydrogen-bond acceptors (Lipinski definition) is 2. The van der Waals surface area contributed by atoms with E-state index in [0.717, 1.165) is 19.8 Å². The van der Waals surface area contributed by atoms with Crippen molar-refractivity contribution in [3.8, 4) is 0 Å². The molecule has 5 unspecified atom stereocenters. The van der Waals surface area contributed by atoms with Crippen molar-refractivity contribution in [2.24, 2.45) is 11.8 Å². The first kappa shape index (κ1) is 14.8. The lowest BCUT2D eigenvalue weighted by Crippen LogP contribution is -2.50. The van der Waals surface area contributed by atoms with Crippen LogP contribution in [0.3, 0.4) is 0 Å². The summed E-state index contributed by atoms with van der Waals surface area (Å²) < 4.78 is 42.7. The standard InChI is InChI=1S/C12H22F3NO/c1-7-5-8(2)11(10(6-7)16-4)17-9(3)12(13,14)15/h7-11,16H,5-6H2,1-4H3. The fraction of sp³-hybridized carbons (Fsp3) is 1.00. The Hall–Kier alpha value is -0.290. The minimum atomic E-state index is -4.28. The van der Waals surface area contributed by atoms with Crippen LogP contribution in [0.4, 0.5) is 13.2 Å². The average molecular weight is 253 g/mol. The van der Waals surface area contributed by atoms with Crippen LogP contribution in [0.1, 0.15) is 33.6 Å². The SMILES string of the molecule is CNC1CC(C)CC(C)C1OC(C)C(F)(F)F. The van der Waals surface area contributed by atoms with Gasteiger partial charge in [-0.15, -0.1) is 0 Å². The third kappa shape index (κ3) is 3.85. The molecule has 0 heterocycles. The monoisotopic (exact) mass is 253 g/mol. The molecule has 0 amide bonds. The summed E-state index contributed by atoms with van der Waals surface area (Å²) in [4.78, 5) is 0. The first-order valence-electron chi connectivity index (χ1n) is 6.15. The molecule has 1 rings (SSSR count).